The largest absolute Gasteiger partial charge is 0.372 e. The number of carbonyl (C=O) groups excluding carboxylic acids is 1. The zero-order valence-corrected chi connectivity index (χ0v) is 11.4. The van der Waals surface area contributed by atoms with Crippen LogP contribution in [-0.4, -0.2) is 27.4 Å². The first-order valence-electron chi connectivity index (χ1n) is 5.83. The highest BCUT2D eigenvalue weighted by molar-refractivity contribution is 7.17. The molecule has 3 heterocycles. The molecule has 0 aromatic carbocycles. The van der Waals surface area contributed by atoms with Gasteiger partial charge < -0.3 is 5.32 Å². The van der Waals surface area contributed by atoms with Gasteiger partial charge in [-0.05, 0) is 31.2 Å². The van der Waals surface area contributed by atoms with E-state index in [9.17, 15) is 4.79 Å². The average molecular weight is 272 g/mol. The van der Waals surface area contributed by atoms with E-state index in [4.69, 9.17) is 0 Å². The molecule has 19 heavy (non-hydrogen) atoms. The molecule has 0 bridgehead atoms. The van der Waals surface area contributed by atoms with E-state index < -0.39 is 0 Å². The van der Waals surface area contributed by atoms with Gasteiger partial charge in [-0.25, -0.2) is 9.50 Å². The molecule has 1 N–H and O–H groups in total. The molecule has 0 amide bonds. The second-order valence-corrected chi connectivity index (χ2v) is 5.19. The van der Waals surface area contributed by atoms with Crippen molar-refractivity contribution in [3.05, 3.63) is 35.3 Å². The Morgan fingerprint density at radius 2 is 2.16 bits per heavy atom. The maximum Gasteiger partial charge on any atom is 0.169 e. The highest BCUT2D eigenvalue weighted by Crippen LogP contribution is 2.28. The van der Waals surface area contributed by atoms with Gasteiger partial charge in [0.1, 0.15) is 11.5 Å². The SMILES string of the molecule is CNc1ccc2ncc(-c3ccc(C(C)=O)s3)n2n1. The van der Waals surface area contributed by atoms with Crippen molar-refractivity contribution < 1.29 is 4.79 Å². The molecule has 0 atom stereocenters. The van der Waals surface area contributed by atoms with Crippen molar-refractivity contribution in [3.8, 4) is 10.6 Å². The van der Waals surface area contributed by atoms with Crippen LogP contribution in [0.25, 0.3) is 16.2 Å². The monoisotopic (exact) mass is 272 g/mol. The highest BCUT2D eigenvalue weighted by atomic mass is 32.1. The molecule has 0 fully saturated rings. The van der Waals surface area contributed by atoms with Crippen LogP contribution in [0, 0.1) is 0 Å². The predicted octanol–water partition coefficient (Wildman–Crippen LogP) is 2.70. The number of nitrogens with one attached hydrogen (secondary N) is 1. The van der Waals surface area contributed by atoms with Crippen LogP contribution in [0.2, 0.25) is 0 Å². The van der Waals surface area contributed by atoms with Gasteiger partial charge >= 0.3 is 0 Å². The van der Waals surface area contributed by atoms with Crippen LogP contribution in [0.4, 0.5) is 5.82 Å². The summed E-state index contributed by atoms with van der Waals surface area (Å²) in [6.45, 7) is 1.57. The topological polar surface area (TPSA) is 59.3 Å². The Kier molecular flexibility index (Phi) is 2.79. The van der Waals surface area contributed by atoms with Crippen LogP contribution >= 0.6 is 11.3 Å². The number of nitrogens with zero attached hydrogens (tertiary/aromatic N) is 3. The van der Waals surface area contributed by atoms with Gasteiger partial charge in [-0.15, -0.1) is 16.4 Å². The number of hydrogen-bond donors (Lipinski definition) is 1. The number of anilines is 1. The van der Waals surface area contributed by atoms with Crippen molar-refractivity contribution in [2.24, 2.45) is 0 Å². The molecule has 6 heteroatoms. The van der Waals surface area contributed by atoms with Crippen LogP contribution in [0.5, 0.6) is 0 Å². The summed E-state index contributed by atoms with van der Waals surface area (Å²) < 4.78 is 1.78. The summed E-state index contributed by atoms with van der Waals surface area (Å²) in [4.78, 5) is 17.4. The minimum atomic E-state index is 0.0777. The van der Waals surface area contributed by atoms with Gasteiger partial charge in [0.2, 0.25) is 0 Å². The van der Waals surface area contributed by atoms with E-state index in [1.807, 2.05) is 31.3 Å². The van der Waals surface area contributed by atoms with Crippen LogP contribution in [0.15, 0.2) is 30.5 Å². The third kappa shape index (κ3) is 2.00. The van der Waals surface area contributed by atoms with E-state index in [2.05, 4.69) is 15.4 Å². The standard InChI is InChI=1S/C13H12N4OS/c1-8(18)10-3-4-11(19-10)9-7-15-13-6-5-12(14-2)16-17(9)13/h3-7H,1-2H3,(H,14,16). The maximum atomic E-state index is 11.4. The van der Waals surface area contributed by atoms with Crippen molar-refractivity contribution in [3.63, 3.8) is 0 Å². The van der Waals surface area contributed by atoms with Crippen molar-refractivity contribution in [1.82, 2.24) is 14.6 Å². The molecule has 5 nitrogen and oxygen atoms in total. The molecule has 0 aliphatic heterocycles. The molecule has 3 aromatic rings. The predicted molar refractivity (Wildman–Crippen MR) is 75.9 cm³/mol. The average Bonchev–Trinajstić information content (AvgIpc) is 3.03. The van der Waals surface area contributed by atoms with Crippen LogP contribution in [0.1, 0.15) is 16.6 Å². The number of fused-ring (bicyclic) bond motifs is 1. The molecular weight excluding hydrogens is 260 g/mol. The second-order valence-electron chi connectivity index (χ2n) is 4.10. The van der Waals surface area contributed by atoms with Gasteiger partial charge in [0.25, 0.3) is 0 Å². The summed E-state index contributed by atoms with van der Waals surface area (Å²) >= 11 is 1.46. The van der Waals surface area contributed by atoms with E-state index in [1.54, 1.807) is 17.6 Å². The number of Topliss-reactive ketones (excluding diaryl/α,β-unsaturated/α-hetero) is 1. The zero-order valence-electron chi connectivity index (χ0n) is 10.5. The molecular formula is C13H12N4OS. The normalized spacial score (nSPS) is 10.8. The number of ketones is 1. The van der Waals surface area contributed by atoms with E-state index in [-0.39, 0.29) is 5.78 Å². The molecule has 3 rings (SSSR count). The lowest BCUT2D eigenvalue weighted by atomic mass is 10.3. The summed E-state index contributed by atoms with van der Waals surface area (Å²) in [7, 11) is 1.82. The Labute approximate surface area is 113 Å². The second kappa shape index (κ2) is 4.47. The lowest BCUT2D eigenvalue weighted by Gasteiger charge is -2.01. The fourth-order valence-corrected chi connectivity index (χ4v) is 2.74. The highest BCUT2D eigenvalue weighted by Gasteiger charge is 2.11. The summed E-state index contributed by atoms with van der Waals surface area (Å²) in [5.74, 6) is 0.851. The number of imidazole rings is 1. The van der Waals surface area contributed by atoms with Crippen molar-refractivity contribution in [2.45, 2.75) is 6.92 Å². The minimum absolute atomic E-state index is 0.0777. The Morgan fingerprint density at radius 3 is 2.84 bits per heavy atom. The van der Waals surface area contributed by atoms with Crippen LogP contribution in [-0.2, 0) is 0 Å². The fraction of sp³-hybridized carbons (Fsp3) is 0.154. The number of aromatic nitrogens is 3. The first-order valence-corrected chi connectivity index (χ1v) is 6.64. The maximum absolute atomic E-state index is 11.4. The van der Waals surface area contributed by atoms with E-state index in [0.717, 1.165) is 26.9 Å². The zero-order chi connectivity index (χ0) is 13.4. The van der Waals surface area contributed by atoms with Gasteiger partial charge in [-0.3, -0.25) is 4.79 Å². The van der Waals surface area contributed by atoms with Gasteiger partial charge in [-0.1, -0.05) is 0 Å². The lowest BCUT2D eigenvalue weighted by molar-refractivity contribution is 0.102. The van der Waals surface area contributed by atoms with Crippen LogP contribution < -0.4 is 5.32 Å². The number of hydrogen-bond acceptors (Lipinski definition) is 5. The molecule has 0 saturated carbocycles. The molecule has 0 aliphatic carbocycles. The minimum Gasteiger partial charge on any atom is -0.372 e. The van der Waals surface area contributed by atoms with Crippen molar-refractivity contribution in [2.75, 3.05) is 12.4 Å². The fourth-order valence-electron chi connectivity index (χ4n) is 1.84. The molecule has 0 radical (unpaired) electrons. The first kappa shape index (κ1) is 11.9. The van der Waals surface area contributed by atoms with Crippen LogP contribution in [0.3, 0.4) is 0 Å². The summed E-state index contributed by atoms with van der Waals surface area (Å²) in [6.07, 6.45) is 1.78. The van der Waals surface area contributed by atoms with Gasteiger partial charge in [0, 0.05) is 7.05 Å². The summed E-state index contributed by atoms with van der Waals surface area (Å²) in [5.41, 5.74) is 1.68. The molecule has 0 aliphatic rings. The van der Waals surface area contributed by atoms with Gasteiger partial charge in [-0.2, -0.15) is 0 Å². The third-order valence-corrected chi connectivity index (χ3v) is 4.03. The molecule has 0 saturated heterocycles. The number of rotatable bonds is 3. The smallest absolute Gasteiger partial charge is 0.169 e. The van der Waals surface area contributed by atoms with Crippen molar-refractivity contribution in [1.29, 1.82) is 0 Å². The summed E-state index contributed by atoms with van der Waals surface area (Å²) in [5, 5.41) is 7.45. The van der Waals surface area contributed by atoms with E-state index >= 15 is 0 Å². The first-order chi connectivity index (χ1) is 9.19. The third-order valence-electron chi connectivity index (χ3n) is 2.82. The van der Waals surface area contributed by atoms with E-state index in [0.29, 0.717) is 0 Å². The van der Waals surface area contributed by atoms with Gasteiger partial charge in [0.05, 0.1) is 16.0 Å². The lowest BCUT2D eigenvalue weighted by Crippen LogP contribution is -1.99. The Hall–Kier alpha value is -2.21. The quantitative estimate of drug-likeness (QED) is 0.745. The Bertz CT molecular complexity index is 759. The van der Waals surface area contributed by atoms with Gasteiger partial charge in [0.15, 0.2) is 11.4 Å². The molecule has 3 aromatic heterocycles. The Balaban J connectivity index is 2.15. The summed E-state index contributed by atoms with van der Waals surface area (Å²) in [6, 6.07) is 7.55. The number of thiophene rings is 1. The Morgan fingerprint density at radius 1 is 1.32 bits per heavy atom. The van der Waals surface area contributed by atoms with Crippen molar-refractivity contribution >= 4 is 28.6 Å². The molecule has 0 unspecified atom stereocenters. The number of carbonyl (C=O) groups is 1. The molecule has 96 valence electrons. The molecule has 0 spiro atoms. The van der Waals surface area contributed by atoms with E-state index in [1.165, 1.54) is 11.3 Å².